The fourth-order valence-electron chi connectivity index (χ4n) is 2.40. The Labute approximate surface area is 156 Å². The molecule has 4 nitrogen and oxygen atoms in total. The molecule has 1 aliphatic heterocycles. The van der Waals surface area contributed by atoms with Crippen LogP contribution in [0.2, 0.25) is 0 Å². The number of allylic oxidation sites excluding steroid dienone is 3. The maximum absolute atomic E-state index is 12.2. The van der Waals surface area contributed by atoms with Gasteiger partial charge in [-0.3, -0.25) is 14.4 Å². The van der Waals surface area contributed by atoms with Gasteiger partial charge in [-0.15, -0.1) is 11.3 Å². The molecule has 1 aromatic carbocycles. The summed E-state index contributed by atoms with van der Waals surface area (Å²) in [7, 11) is 0. The predicted molar refractivity (Wildman–Crippen MR) is 99.8 cm³/mol. The molecule has 2 heterocycles. The van der Waals surface area contributed by atoms with E-state index in [9.17, 15) is 14.4 Å². The first-order valence-corrected chi connectivity index (χ1v) is 9.06. The number of hydrogen-bond donors (Lipinski definition) is 0. The van der Waals surface area contributed by atoms with E-state index in [1.54, 1.807) is 6.08 Å². The van der Waals surface area contributed by atoms with Gasteiger partial charge in [0, 0.05) is 20.3 Å². The molecule has 0 saturated carbocycles. The van der Waals surface area contributed by atoms with E-state index in [0.717, 1.165) is 19.8 Å². The van der Waals surface area contributed by atoms with Crippen LogP contribution in [-0.2, 0) is 19.1 Å². The summed E-state index contributed by atoms with van der Waals surface area (Å²) in [6, 6.07) is 11.8. The van der Waals surface area contributed by atoms with Crippen LogP contribution >= 0.6 is 27.3 Å². The Bertz CT molecular complexity index is 923. The van der Waals surface area contributed by atoms with E-state index < -0.39 is 23.5 Å². The van der Waals surface area contributed by atoms with Gasteiger partial charge in [0.05, 0.1) is 0 Å². The minimum absolute atomic E-state index is 0.208. The van der Waals surface area contributed by atoms with Crippen molar-refractivity contribution in [3.05, 3.63) is 63.7 Å². The van der Waals surface area contributed by atoms with Gasteiger partial charge >= 0.3 is 5.97 Å². The molecule has 0 saturated heterocycles. The highest BCUT2D eigenvalue weighted by atomic mass is 79.9. The summed E-state index contributed by atoms with van der Waals surface area (Å²) in [6.45, 7) is 1.50. The summed E-state index contributed by atoms with van der Waals surface area (Å²) >= 11 is 4.95. The van der Waals surface area contributed by atoms with Crippen LogP contribution in [0.4, 0.5) is 0 Å². The fourth-order valence-corrected chi connectivity index (χ4v) is 3.71. The zero-order chi connectivity index (χ0) is 18.0. The normalized spacial score (nSPS) is 17.5. The molecule has 3 rings (SSSR count). The Balaban J connectivity index is 1.76. The number of rotatable bonds is 4. The van der Waals surface area contributed by atoms with Gasteiger partial charge in [0.2, 0.25) is 0 Å². The SMILES string of the molecule is CC1=CC(=O)C(C(=O)C=Cc2ccc(-c3cccc(Br)c3)s2)C(=O)O1. The third-order valence-electron chi connectivity index (χ3n) is 3.56. The number of halogens is 1. The van der Waals surface area contributed by atoms with Crippen LogP contribution in [0.5, 0.6) is 0 Å². The summed E-state index contributed by atoms with van der Waals surface area (Å²) in [5, 5.41) is 0. The molecule has 25 heavy (non-hydrogen) atoms. The standard InChI is InChI=1S/C19H13BrO4S/c1-11-9-16(22)18(19(23)24-11)15(21)7-5-14-6-8-17(25-14)12-3-2-4-13(20)10-12/h2-10,18H,1H3. The molecule has 126 valence electrons. The van der Waals surface area contributed by atoms with Gasteiger partial charge in [0.25, 0.3) is 0 Å². The first kappa shape index (κ1) is 17.5. The van der Waals surface area contributed by atoms with Crippen molar-refractivity contribution < 1.29 is 19.1 Å². The molecule has 0 aliphatic carbocycles. The first-order chi connectivity index (χ1) is 11.9. The average molecular weight is 417 g/mol. The van der Waals surface area contributed by atoms with Gasteiger partial charge < -0.3 is 4.74 Å². The summed E-state index contributed by atoms with van der Waals surface area (Å²) in [6.07, 6.45) is 4.05. The zero-order valence-electron chi connectivity index (χ0n) is 13.2. The second-order valence-electron chi connectivity index (χ2n) is 5.46. The number of carbonyl (C=O) groups excluding carboxylic acids is 3. The molecule has 1 unspecified atom stereocenters. The molecule has 1 aliphatic rings. The van der Waals surface area contributed by atoms with Gasteiger partial charge in [-0.2, -0.15) is 0 Å². The smallest absolute Gasteiger partial charge is 0.329 e. The minimum Gasteiger partial charge on any atom is -0.430 e. The van der Waals surface area contributed by atoms with E-state index in [1.165, 1.54) is 30.4 Å². The van der Waals surface area contributed by atoms with Crippen molar-refractivity contribution in [2.45, 2.75) is 6.92 Å². The molecule has 1 aromatic heterocycles. The first-order valence-electron chi connectivity index (χ1n) is 7.45. The molecular formula is C19H13BrO4S. The maximum atomic E-state index is 12.2. The predicted octanol–water partition coefficient (Wildman–Crippen LogP) is 4.41. The Kier molecular flexibility index (Phi) is 5.11. The van der Waals surface area contributed by atoms with Gasteiger partial charge in [-0.05, 0) is 48.9 Å². The molecular weight excluding hydrogens is 404 g/mol. The topological polar surface area (TPSA) is 60.4 Å². The summed E-state index contributed by atoms with van der Waals surface area (Å²) in [5.74, 6) is -3.12. The van der Waals surface area contributed by atoms with E-state index in [-0.39, 0.29) is 5.76 Å². The van der Waals surface area contributed by atoms with Gasteiger partial charge in [0.15, 0.2) is 17.5 Å². The monoisotopic (exact) mass is 416 g/mol. The zero-order valence-corrected chi connectivity index (χ0v) is 15.6. The number of hydrogen-bond acceptors (Lipinski definition) is 5. The molecule has 0 amide bonds. The van der Waals surface area contributed by atoms with Crippen molar-refractivity contribution in [1.82, 2.24) is 0 Å². The Morgan fingerprint density at radius 2 is 2.04 bits per heavy atom. The second kappa shape index (κ2) is 7.29. The van der Waals surface area contributed by atoms with Crippen molar-refractivity contribution >= 4 is 50.9 Å². The maximum Gasteiger partial charge on any atom is 0.329 e. The van der Waals surface area contributed by atoms with Crippen LogP contribution in [0.3, 0.4) is 0 Å². The van der Waals surface area contributed by atoms with E-state index in [1.807, 2.05) is 36.4 Å². The van der Waals surface area contributed by atoms with Gasteiger partial charge in [-0.1, -0.05) is 28.1 Å². The highest BCUT2D eigenvalue weighted by Gasteiger charge is 2.36. The van der Waals surface area contributed by atoms with Gasteiger partial charge in [-0.25, -0.2) is 0 Å². The van der Waals surface area contributed by atoms with Crippen molar-refractivity contribution in [2.24, 2.45) is 5.92 Å². The quantitative estimate of drug-likeness (QED) is 0.420. The van der Waals surface area contributed by atoms with Crippen molar-refractivity contribution in [2.75, 3.05) is 0 Å². The van der Waals surface area contributed by atoms with Crippen molar-refractivity contribution in [1.29, 1.82) is 0 Å². The Morgan fingerprint density at radius 3 is 2.76 bits per heavy atom. The lowest BCUT2D eigenvalue weighted by Gasteiger charge is -2.15. The lowest BCUT2D eigenvalue weighted by Crippen LogP contribution is -2.34. The molecule has 0 radical (unpaired) electrons. The number of ether oxygens (including phenoxy) is 1. The molecule has 0 fully saturated rings. The number of esters is 1. The lowest BCUT2D eigenvalue weighted by atomic mass is 9.96. The van der Waals surface area contributed by atoms with Crippen molar-refractivity contribution in [3.63, 3.8) is 0 Å². The van der Waals surface area contributed by atoms with E-state index >= 15 is 0 Å². The average Bonchev–Trinajstić information content (AvgIpc) is 3.01. The fraction of sp³-hybridized carbons (Fsp3) is 0.105. The molecule has 0 N–H and O–H groups in total. The summed E-state index contributed by atoms with van der Waals surface area (Å²) in [5.41, 5.74) is 1.07. The number of ketones is 2. The summed E-state index contributed by atoms with van der Waals surface area (Å²) < 4.78 is 5.85. The third kappa shape index (κ3) is 4.03. The van der Waals surface area contributed by atoms with Crippen LogP contribution in [0.1, 0.15) is 11.8 Å². The largest absolute Gasteiger partial charge is 0.430 e. The number of cyclic esters (lactones) is 1. The number of benzene rings is 1. The van der Waals surface area contributed by atoms with E-state index in [0.29, 0.717) is 0 Å². The van der Waals surface area contributed by atoms with E-state index in [2.05, 4.69) is 15.9 Å². The van der Waals surface area contributed by atoms with Crippen LogP contribution in [-0.4, -0.2) is 17.5 Å². The van der Waals surface area contributed by atoms with Crippen LogP contribution in [0.15, 0.2) is 58.8 Å². The molecule has 1 atom stereocenters. The van der Waals surface area contributed by atoms with Crippen LogP contribution in [0.25, 0.3) is 16.5 Å². The number of carbonyl (C=O) groups is 3. The molecule has 6 heteroatoms. The van der Waals surface area contributed by atoms with Crippen LogP contribution < -0.4 is 0 Å². The van der Waals surface area contributed by atoms with Crippen LogP contribution in [0, 0.1) is 5.92 Å². The molecule has 2 aromatic rings. The highest BCUT2D eigenvalue weighted by molar-refractivity contribution is 9.10. The Morgan fingerprint density at radius 1 is 1.24 bits per heavy atom. The van der Waals surface area contributed by atoms with E-state index in [4.69, 9.17) is 4.74 Å². The second-order valence-corrected chi connectivity index (χ2v) is 7.49. The van der Waals surface area contributed by atoms with Gasteiger partial charge in [0.1, 0.15) is 5.76 Å². The lowest BCUT2D eigenvalue weighted by molar-refractivity contribution is -0.151. The third-order valence-corrected chi connectivity index (χ3v) is 5.15. The number of thiophene rings is 1. The van der Waals surface area contributed by atoms with Crippen molar-refractivity contribution in [3.8, 4) is 10.4 Å². The highest BCUT2D eigenvalue weighted by Crippen LogP contribution is 2.30. The summed E-state index contributed by atoms with van der Waals surface area (Å²) in [4.78, 5) is 37.7. The molecule has 0 spiro atoms. The Hall–Kier alpha value is -2.31. The molecule has 0 bridgehead atoms. The minimum atomic E-state index is -1.40.